The Morgan fingerprint density at radius 2 is 2.15 bits per heavy atom. The summed E-state index contributed by atoms with van der Waals surface area (Å²) in [6, 6.07) is 0.0940. The second-order valence-electron chi connectivity index (χ2n) is 3.37. The number of rotatable bonds is 6. The number of aliphatic hydroxyl groups is 1. The van der Waals surface area contributed by atoms with Crippen LogP contribution in [-0.2, 0) is 4.79 Å². The highest BCUT2D eigenvalue weighted by Crippen LogP contribution is 2.05. The zero-order chi connectivity index (χ0) is 10.3. The summed E-state index contributed by atoms with van der Waals surface area (Å²) in [4.78, 5) is 11.2. The Bertz CT molecular complexity index is 151. The molecule has 1 amide bonds. The van der Waals surface area contributed by atoms with Crippen molar-refractivity contribution < 1.29 is 9.90 Å². The maximum Gasteiger partial charge on any atom is 0.221 e. The third kappa shape index (κ3) is 6.05. The molecule has 0 radical (unpaired) electrons. The van der Waals surface area contributed by atoms with Gasteiger partial charge in [-0.1, -0.05) is 29.8 Å². The zero-order valence-corrected chi connectivity index (χ0v) is 9.80. The van der Waals surface area contributed by atoms with Crippen LogP contribution in [0.1, 0.15) is 26.7 Å². The average molecular weight is 252 g/mol. The van der Waals surface area contributed by atoms with E-state index in [4.69, 9.17) is 5.11 Å². The third-order valence-electron chi connectivity index (χ3n) is 1.91. The van der Waals surface area contributed by atoms with Gasteiger partial charge in [0.15, 0.2) is 0 Å². The van der Waals surface area contributed by atoms with E-state index in [0.29, 0.717) is 24.1 Å². The molecule has 1 atom stereocenters. The average Bonchev–Trinajstić information content (AvgIpc) is 2.04. The number of alkyl halides is 1. The Morgan fingerprint density at radius 1 is 1.54 bits per heavy atom. The molecule has 0 bridgehead atoms. The smallest absolute Gasteiger partial charge is 0.221 e. The topological polar surface area (TPSA) is 49.3 Å². The van der Waals surface area contributed by atoms with Crippen LogP contribution >= 0.6 is 15.9 Å². The molecule has 0 aliphatic heterocycles. The van der Waals surface area contributed by atoms with E-state index in [-0.39, 0.29) is 18.6 Å². The maximum atomic E-state index is 11.2. The fourth-order valence-electron chi connectivity index (χ4n) is 1.08. The van der Waals surface area contributed by atoms with Crippen molar-refractivity contribution in [2.24, 2.45) is 5.92 Å². The largest absolute Gasteiger partial charge is 0.396 e. The van der Waals surface area contributed by atoms with Crippen LogP contribution in [-0.4, -0.2) is 29.0 Å². The molecule has 0 aromatic carbocycles. The van der Waals surface area contributed by atoms with Gasteiger partial charge < -0.3 is 10.4 Å². The SMILES string of the molecule is CC(C)C(CCO)NC(=O)CCBr. The van der Waals surface area contributed by atoms with Crippen molar-refractivity contribution in [1.82, 2.24) is 5.32 Å². The van der Waals surface area contributed by atoms with E-state index >= 15 is 0 Å². The van der Waals surface area contributed by atoms with Crippen LogP contribution < -0.4 is 5.32 Å². The Labute approximate surface area is 88.0 Å². The Balaban J connectivity index is 3.86. The Morgan fingerprint density at radius 3 is 2.54 bits per heavy atom. The van der Waals surface area contributed by atoms with Crippen LogP contribution in [0.4, 0.5) is 0 Å². The summed E-state index contributed by atoms with van der Waals surface area (Å²) < 4.78 is 0. The van der Waals surface area contributed by atoms with E-state index in [1.807, 2.05) is 13.8 Å². The zero-order valence-electron chi connectivity index (χ0n) is 8.22. The number of aliphatic hydroxyl groups excluding tert-OH is 1. The van der Waals surface area contributed by atoms with E-state index in [1.54, 1.807) is 0 Å². The first kappa shape index (κ1) is 12.9. The molecule has 0 aliphatic rings. The van der Waals surface area contributed by atoms with Crippen LogP contribution in [0.3, 0.4) is 0 Å². The molecular formula is C9H18BrNO2. The van der Waals surface area contributed by atoms with Gasteiger partial charge >= 0.3 is 0 Å². The lowest BCUT2D eigenvalue weighted by atomic mass is 10.0. The van der Waals surface area contributed by atoms with Gasteiger partial charge in [-0.05, 0) is 12.3 Å². The van der Waals surface area contributed by atoms with Gasteiger partial charge in [-0.3, -0.25) is 4.79 Å². The number of halogens is 1. The van der Waals surface area contributed by atoms with Crippen molar-refractivity contribution in [3.63, 3.8) is 0 Å². The molecule has 0 aromatic rings. The van der Waals surface area contributed by atoms with E-state index in [0.717, 1.165) is 0 Å². The molecule has 78 valence electrons. The second kappa shape index (κ2) is 7.33. The summed E-state index contributed by atoms with van der Waals surface area (Å²) in [5.74, 6) is 0.412. The highest BCUT2D eigenvalue weighted by molar-refractivity contribution is 9.09. The standard InChI is InChI=1S/C9H18BrNO2/c1-7(2)8(4-6-12)11-9(13)3-5-10/h7-8,12H,3-6H2,1-2H3,(H,11,13). The van der Waals surface area contributed by atoms with Crippen LogP contribution in [0, 0.1) is 5.92 Å². The van der Waals surface area contributed by atoms with E-state index in [9.17, 15) is 4.79 Å². The summed E-state index contributed by atoms with van der Waals surface area (Å²) >= 11 is 3.21. The van der Waals surface area contributed by atoms with Crippen molar-refractivity contribution in [2.75, 3.05) is 11.9 Å². The summed E-state index contributed by atoms with van der Waals surface area (Å²) in [6.07, 6.45) is 1.13. The first-order valence-electron chi connectivity index (χ1n) is 4.58. The predicted octanol–water partition coefficient (Wildman–Crippen LogP) is 1.29. The van der Waals surface area contributed by atoms with Gasteiger partial charge in [0, 0.05) is 24.4 Å². The van der Waals surface area contributed by atoms with Gasteiger partial charge in [-0.25, -0.2) is 0 Å². The third-order valence-corrected chi connectivity index (χ3v) is 2.31. The first-order valence-corrected chi connectivity index (χ1v) is 5.70. The normalized spacial score (nSPS) is 13.0. The van der Waals surface area contributed by atoms with E-state index in [1.165, 1.54) is 0 Å². The van der Waals surface area contributed by atoms with Gasteiger partial charge in [-0.2, -0.15) is 0 Å². The molecule has 3 nitrogen and oxygen atoms in total. The number of hydrogen-bond acceptors (Lipinski definition) is 2. The second-order valence-corrected chi connectivity index (χ2v) is 4.16. The molecule has 0 fully saturated rings. The molecule has 0 spiro atoms. The number of carbonyl (C=O) groups is 1. The van der Waals surface area contributed by atoms with Crippen molar-refractivity contribution >= 4 is 21.8 Å². The summed E-state index contributed by atoms with van der Waals surface area (Å²) in [7, 11) is 0. The molecule has 1 unspecified atom stereocenters. The minimum absolute atomic E-state index is 0.0454. The van der Waals surface area contributed by atoms with Crippen LogP contribution in [0.15, 0.2) is 0 Å². The number of nitrogens with one attached hydrogen (secondary N) is 1. The fraction of sp³-hybridized carbons (Fsp3) is 0.889. The van der Waals surface area contributed by atoms with Gasteiger partial charge in [0.1, 0.15) is 0 Å². The molecule has 0 rings (SSSR count). The number of amides is 1. The highest BCUT2D eigenvalue weighted by atomic mass is 79.9. The van der Waals surface area contributed by atoms with Crippen molar-refractivity contribution in [3.05, 3.63) is 0 Å². The molecule has 0 heterocycles. The summed E-state index contributed by atoms with van der Waals surface area (Å²) in [5, 5.41) is 12.3. The molecule has 4 heteroatoms. The van der Waals surface area contributed by atoms with Crippen molar-refractivity contribution in [3.8, 4) is 0 Å². The van der Waals surface area contributed by atoms with Gasteiger partial charge in [0.05, 0.1) is 0 Å². The number of carbonyl (C=O) groups excluding carboxylic acids is 1. The minimum atomic E-state index is 0.0454. The minimum Gasteiger partial charge on any atom is -0.396 e. The van der Waals surface area contributed by atoms with Crippen LogP contribution in [0.2, 0.25) is 0 Å². The lowest BCUT2D eigenvalue weighted by Crippen LogP contribution is -2.39. The van der Waals surface area contributed by atoms with Gasteiger partial charge in [0.25, 0.3) is 0 Å². The maximum absolute atomic E-state index is 11.2. The molecule has 13 heavy (non-hydrogen) atoms. The van der Waals surface area contributed by atoms with Crippen LogP contribution in [0.5, 0.6) is 0 Å². The highest BCUT2D eigenvalue weighted by Gasteiger charge is 2.14. The Hall–Kier alpha value is -0.0900. The molecule has 2 N–H and O–H groups in total. The molecule has 0 aliphatic carbocycles. The quantitative estimate of drug-likeness (QED) is 0.700. The number of hydrogen-bond donors (Lipinski definition) is 2. The van der Waals surface area contributed by atoms with Gasteiger partial charge in [-0.15, -0.1) is 0 Å². The lowest BCUT2D eigenvalue weighted by molar-refractivity contribution is -0.121. The monoisotopic (exact) mass is 251 g/mol. The Kier molecular flexibility index (Phi) is 7.28. The molecule has 0 saturated carbocycles. The molecule has 0 saturated heterocycles. The van der Waals surface area contributed by atoms with Crippen molar-refractivity contribution in [1.29, 1.82) is 0 Å². The fourth-order valence-corrected chi connectivity index (χ4v) is 1.44. The van der Waals surface area contributed by atoms with E-state index < -0.39 is 0 Å². The predicted molar refractivity (Wildman–Crippen MR) is 56.9 cm³/mol. The van der Waals surface area contributed by atoms with Crippen LogP contribution in [0.25, 0.3) is 0 Å². The molecular weight excluding hydrogens is 234 g/mol. The molecule has 0 aromatic heterocycles. The van der Waals surface area contributed by atoms with Crippen molar-refractivity contribution in [2.45, 2.75) is 32.7 Å². The first-order chi connectivity index (χ1) is 6.11. The summed E-state index contributed by atoms with van der Waals surface area (Å²) in [6.45, 7) is 4.20. The van der Waals surface area contributed by atoms with Gasteiger partial charge in [0.2, 0.25) is 5.91 Å². The lowest BCUT2D eigenvalue weighted by Gasteiger charge is -2.21. The summed E-state index contributed by atoms with van der Waals surface area (Å²) in [5.41, 5.74) is 0. The van der Waals surface area contributed by atoms with E-state index in [2.05, 4.69) is 21.2 Å².